The van der Waals surface area contributed by atoms with E-state index in [1.54, 1.807) is 14.1 Å². The zero-order chi connectivity index (χ0) is 7.56. The van der Waals surface area contributed by atoms with Crippen molar-refractivity contribution in [1.82, 2.24) is 20.2 Å². The molecule has 1 rings (SSSR count). The van der Waals surface area contributed by atoms with Gasteiger partial charge in [0.2, 0.25) is 5.95 Å². The summed E-state index contributed by atoms with van der Waals surface area (Å²) in [5.74, 6) is 0.861. The third kappa shape index (κ3) is 1.16. The van der Waals surface area contributed by atoms with Crippen LogP contribution in [-0.4, -0.2) is 21.8 Å². The second kappa shape index (κ2) is 2.53. The number of hydrogen-bond donors (Lipinski definition) is 3. The molecular formula is C4H10N6. The lowest BCUT2D eigenvalue weighted by Gasteiger charge is -1.93. The number of rotatable bonds is 2. The van der Waals surface area contributed by atoms with E-state index < -0.39 is 0 Å². The summed E-state index contributed by atoms with van der Waals surface area (Å²) in [7, 11) is 3.45. The van der Waals surface area contributed by atoms with Crippen LogP contribution in [0.5, 0.6) is 0 Å². The molecule has 0 bridgehead atoms. The van der Waals surface area contributed by atoms with Crippen molar-refractivity contribution in [3.05, 3.63) is 0 Å². The van der Waals surface area contributed by atoms with Crippen molar-refractivity contribution in [2.24, 2.45) is 7.05 Å². The highest BCUT2D eigenvalue weighted by atomic mass is 15.5. The van der Waals surface area contributed by atoms with Gasteiger partial charge in [0.05, 0.1) is 0 Å². The average molecular weight is 142 g/mol. The monoisotopic (exact) mass is 142 g/mol. The maximum Gasteiger partial charge on any atom is 0.258 e. The first-order valence-electron chi connectivity index (χ1n) is 2.83. The summed E-state index contributed by atoms with van der Waals surface area (Å²) in [5.41, 5.74) is 10.8. The van der Waals surface area contributed by atoms with Crippen LogP contribution in [0.25, 0.3) is 0 Å². The van der Waals surface area contributed by atoms with Crippen LogP contribution in [0.4, 0.5) is 11.9 Å². The first-order chi connectivity index (χ1) is 4.74. The molecule has 0 saturated carbocycles. The summed E-state index contributed by atoms with van der Waals surface area (Å²) >= 11 is 0. The molecule has 0 aliphatic heterocycles. The Kier molecular flexibility index (Phi) is 1.72. The Morgan fingerprint density at radius 1 is 1.60 bits per heavy atom. The molecule has 56 valence electrons. The van der Waals surface area contributed by atoms with Gasteiger partial charge in [-0.3, -0.25) is 5.43 Å². The summed E-state index contributed by atoms with van der Waals surface area (Å²) in [6, 6.07) is 0. The molecule has 6 heteroatoms. The van der Waals surface area contributed by atoms with Crippen LogP contribution in [0.15, 0.2) is 0 Å². The smallest absolute Gasteiger partial charge is 0.258 e. The molecule has 0 atom stereocenters. The van der Waals surface area contributed by atoms with Gasteiger partial charge in [0.15, 0.2) is 0 Å². The number of nitrogens with zero attached hydrogens (tertiary/aromatic N) is 3. The van der Waals surface area contributed by atoms with E-state index in [0.717, 1.165) is 0 Å². The molecule has 1 aromatic rings. The van der Waals surface area contributed by atoms with Crippen LogP contribution in [0, 0.1) is 0 Å². The Hall–Kier alpha value is -1.30. The predicted octanol–water partition coefficient (Wildman–Crippen LogP) is -1.06. The van der Waals surface area contributed by atoms with E-state index >= 15 is 0 Å². The van der Waals surface area contributed by atoms with Crippen molar-refractivity contribution in [3.8, 4) is 0 Å². The molecule has 0 aliphatic carbocycles. The number of hydrazine groups is 1. The maximum absolute atomic E-state index is 5.39. The Morgan fingerprint density at radius 2 is 2.30 bits per heavy atom. The summed E-state index contributed by atoms with van der Waals surface area (Å²) in [5, 5.41) is 3.91. The topological polar surface area (TPSA) is 80.8 Å². The van der Waals surface area contributed by atoms with Gasteiger partial charge in [0.1, 0.15) is 0 Å². The van der Waals surface area contributed by atoms with Crippen LogP contribution in [0.2, 0.25) is 0 Å². The lowest BCUT2D eigenvalue weighted by molar-refractivity contribution is 0.774. The lowest BCUT2D eigenvalue weighted by Crippen LogP contribution is -2.16. The number of hydrogen-bond acceptors (Lipinski definition) is 5. The minimum absolute atomic E-state index is 0.387. The Morgan fingerprint density at radius 3 is 2.70 bits per heavy atom. The van der Waals surface area contributed by atoms with E-state index in [0.29, 0.717) is 11.9 Å². The SMILES string of the molecule is CNNc1nc(N)n(C)n1. The average Bonchev–Trinajstić information content (AvgIpc) is 2.14. The van der Waals surface area contributed by atoms with Gasteiger partial charge in [-0.1, -0.05) is 0 Å². The molecule has 0 aliphatic rings. The van der Waals surface area contributed by atoms with Crippen molar-refractivity contribution >= 4 is 11.9 Å². The summed E-state index contributed by atoms with van der Waals surface area (Å²) in [6.07, 6.45) is 0. The number of nitrogens with two attached hydrogens (primary N) is 1. The molecule has 0 spiro atoms. The minimum Gasteiger partial charge on any atom is -0.368 e. The van der Waals surface area contributed by atoms with Crippen LogP contribution < -0.4 is 16.6 Å². The Labute approximate surface area is 58.4 Å². The van der Waals surface area contributed by atoms with Gasteiger partial charge in [-0.25, -0.2) is 10.1 Å². The van der Waals surface area contributed by atoms with Crippen molar-refractivity contribution in [1.29, 1.82) is 0 Å². The van der Waals surface area contributed by atoms with Crippen molar-refractivity contribution < 1.29 is 0 Å². The number of anilines is 2. The van der Waals surface area contributed by atoms with Gasteiger partial charge < -0.3 is 5.73 Å². The largest absolute Gasteiger partial charge is 0.368 e. The zero-order valence-corrected chi connectivity index (χ0v) is 5.92. The molecule has 4 N–H and O–H groups in total. The van der Waals surface area contributed by atoms with Gasteiger partial charge in [0.25, 0.3) is 5.95 Å². The summed E-state index contributed by atoms with van der Waals surface area (Å²) in [4.78, 5) is 3.86. The van der Waals surface area contributed by atoms with E-state index in [-0.39, 0.29) is 0 Å². The normalized spacial score (nSPS) is 9.80. The van der Waals surface area contributed by atoms with Crippen LogP contribution >= 0.6 is 0 Å². The van der Waals surface area contributed by atoms with Gasteiger partial charge in [-0.2, -0.15) is 4.98 Å². The first-order valence-corrected chi connectivity index (χ1v) is 2.83. The van der Waals surface area contributed by atoms with E-state index in [4.69, 9.17) is 5.73 Å². The second-order valence-corrected chi connectivity index (χ2v) is 1.79. The van der Waals surface area contributed by atoms with Crippen molar-refractivity contribution in [3.63, 3.8) is 0 Å². The number of aromatic nitrogens is 3. The maximum atomic E-state index is 5.39. The molecule has 6 nitrogen and oxygen atoms in total. The van der Waals surface area contributed by atoms with Gasteiger partial charge in [-0.15, -0.1) is 5.10 Å². The molecule has 0 saturated heterocycles. The highest BCUT2D eigenvalue weighted by Gasteiger charge is 1.99. The highest BCUT2D eigenvalue weighted by molar-refractivity contribution is 5.29. The molecule has 1 heterocycles. The van der Waals surface area contributed by atoms with E-state index in [1.807, 2.05) is 0 Å². The fourth-order valence-electron chi connectivity index (χ4n) is 0.561. The highest BCUT2D eigenvalue weighted by Crippen LogP contribution is 1.99. The molecule has 0 radical (unpaired) electrons. The molecule has 0 fully saturated rings. The Bertz CT molecular complexity index is 196. The van der Waals surface area contributed by atoms with E-state index in [2.05, 4.69) is 20.9 Å². The quantitative estimate of drug-likeness (QED) is 0.459. The predicted molar refractivity (Wildman–Crippen MR) is 38.1 cm³/mol. The molecule has 10 heavy (non-hydrogen) atoms. The number of aryl methyl sites for hydroxylation is 1. The van der Waals surface area contributed by atoms with Gasteiger partial charge in [-0.05, 0) is 0 Å². The van der Waals surface area contributed by atoms with Crippen molar-refractivity contribution in [2.75, 3.05) is 18.2 Å². The zero-order valence-electron chi connectivity index (χ0n) is 5.92. The molecular weight excluding hydrogens is 132 g/mol. The molecule has 0 unspecified atom stereocenters. The molecule has 1 aromatic heterocycles. The van der Waals surface area contributed by atoms with Crippen LogP contribution in [0.3, 0.4) is 0 Å². The number of nitrogen functional groups attached to an aromatic ring is 1. The fourth-order valence-corrected chi connectivity index (χ4v) is 0.561. The molecule has 0 amide bonds. The summed E-state index contributed by atoms with van der Waals surface area (Å²) in [6.45, 7) is 0. The Balaban J connectivity index is 2.77. The lowest BCUT2D eigenvalue weighted by atomic mass is 11.0. The van der Waals surface area contributed by atoms with E-state index in [1.165, 1.54) is 4.68 Å². The molecule has 0 aromatic carbocycles. The third-order valence-corrected chi connectivity index (χ3v) is 1.03. The number of nitrogens with one attached hydrogen (secondary N) is 2. The van der Waals surface area contributed by atoms with Crippen molar-refractivity contribution in [2.45, 2.75) is 0 Å². The van der Waals surface area contributed by atoms with Gasteiger partial charge in [0, 0.05) is 14.1 Å². The third-order valence-electron chi connectivity index (χ3n) is 1.03. The fraction of sp³-hybridized carbons (Fsp3) is 0.500. The second-order valence-electron chi connectivity index (χ2n) is 1.79. The summed E-state index contributed by atoms with van der Waals surface area (Å²) < 4.78 is 1.49. The van der Waals surface area contributed by atoms with Gasteiger partial charge >= 0.3 is 0 Å². The minimum atomic E-state index is 0.387. The van der Waals surface area contributed by atoms with Crippen LogP contribution in [-0.2, 0) is 7.05 Å². The van der Waals surface area contributed by atoms with Crippen LogP contribution in [0.1, 0.15) is 0 Å². The van der Waals surface area contributed by atoms with E-state index in [9.17, 15) is 0 Å². The first kappa shape index (κ1) is 6.81. The standard InChI is InChI=1S/C4H10N6/c1-6-8-4-7-3(5)10(2)9-4/h6H,1-2H3,(H3,5,7,8,9).